The normalized spacial score (nSPS) is 10.6. The zero-order valence-electron chi connectivity index (χ0n) is 13.2. The van der Waals surface area contributed by atoms with Crippen molar-refractivity contribution in [2.45, 2.75) is 5.16 Å². The molecule has 2 aromatic carbocycles. The van der Waals surface area contributed by atoms with Crippen LogP contribution in [0.25, 0.3) is 17.1 Å². The van der Waals surface area contributed by atoms with Gasteiger partial charge in [0.2, 0.25) is 0 Å². The van der Waals surface area contributed by atoms with Crippen molar-refractivity contribution in [2.24, 2.45) is 0 Å². The minimum atomic E-state index is -0.903. The van der Waals surface area contributed by atoms with E-state index in [-0.39, 0.29) is 5.75 Å². The average Bonchev–Trinajstić information content (AvgIpc) is 3.04. The SMILES string of the molecule is COc1ccc(-n2c(SCC(=O)O)nnc2-c2ccc(Br)cc2)cc1. The third-order valence-electron chi connectivity index (χ3n) is 3.39. The van der Waals surface area contributed by atoms with Crippen LogP contribution in [-0.4, -0.2) is 38.7 Å². The van der Waals surface area contributed by atoms with E-state index in [1.165, 1.54) is 0 Å². The van der Waals surface area contributed by atoms with Gasteiger partial charge in [0, 0.05) is 15.7 Å². The number of thioether (sulfide) groups is 1. The van der Waals surface area contributed by atoms with Gasteiger partial charge in [0.25, 0.3) is 0 Å². The maximum atomic E-state index is 10.9. The number of aliphatic carboxylic acids is 1. The van der Waals surface area contributed by atoms with Crippen molar-refractivity contribution in [3.05, 3.63) is 53.0 Å². The number of carbonyl (C=O) groups is 1. The second-order valence-electron chi connectivity index (χ2n) is 5.03. The van der Waals surface area contributed by atoms with E-state index in [0.29, 0.717) is 11.0 Å². The molecule has 0 aliphatic rings. The standard InChI is InChI=1S/C17H14BrN3O3S/c1-24-14-8-6-13(7-9-14)21-16(11-2-4-12(18)5-3-11)19-20-17(21)25-10-15(22)23/h2-9H,10H2,1H3,(H,22,23). The highest BCUT2D eigenvalue weighted by Crippen LogP contribution is 2.29. The number of methoxy groups -OCH3 is 1. The molecule has 6 nitrogen and oxygen atoms in total. The molecule has 0 amide bonds. The van der Waals surface area contributed by atoms with E-state index in [1.807, 2.05) is 53.1 Å². The molecule has 0 fully saturated rings. The molecule has 0 aliphatic heterocycles. The second kappa shape index (κ2) is 7.71. The first-order valence-corrected chi connectivity index (χ1v) is 9.06. The number of carboxylic acids is 1. The van der Waals surface area contributed by atoms with Crippen LogP contribution < -0.4 is 4.74 Å². The van der Waals surface area contributed by atoms with Crippen LogP contribution in [0.15, 0.2) is 58.2 Å². The predicted octanol–water partition coefficient (Wildman–Crippen LogP) is 3.88. The average molecular weight is 420 g/mol. The van der Waals surface area contributed by atoms with Gasteiger partial charge in [-0.2, -0.15) is 0 Å². The minimum absolute atomic E-state index is 0.0887. The molecule has 25 heavy (non-hydrogen) atoms. The fourth-order valence-electron chi connectivity index (χ4n) is 2.24. The zero-order valence-corrected chi connectivity index (χ0v) is 15.6. The molecular weight excluding hydrogens is 406 g/mol. The van der Waals surface area contributed by atoms with Gasteiger partial charge in [0.15, 0.2) is 11.0 Å². The van der Waals surface area contributed by atoms with Gasteiger partial charge in [-0.15, -0.1) is 10.2 Å². The van der Waals surface area contributed by atoms with Crippen molar-refractivity contribution in [2.75, 3.05) is 12.9 Å². The number of aromatic nitrogens is 3. The molecule has 128 valence electrons. The summed E-state index contributed by atoms with van der Waals surface area (Å²) in [7, 11) is 1.61. The molecule has 0 unspecified atom stereocenters. The smallest absolute Gasteiger partial charge is 0.313 e. The van der Waals surface area contributed by atoms with Gasteiger partial charge in [0.1, 0.15) is 5.75 Å². The lowest BCUT2D eigenvalue weighted by atomic mass is 10.2. The van der Waals surface area contributed by atoms with Crippen molar-refractivity contribution in [1.29, 1.82) is 0 Å². The number of nitrogens with zero attached hydrogens (tertiary/aromatic N) is 3. The molecule has 3 aromatic rings. The summed E-state index contributed by atoms with van der Waals surface area (Å²) in [4.78, 5) is 10.9. The van der Waals surface area contributed by atoms with Crippen LogP contribution in [0.5, 0.6) is 5.75 Å². The molecule has 1 N–H and O–H groups in total. The predicted molar refractivity (Wildman–Crippen MR) is 99.4 cm³/mol. The Balaban J connectivity index is 2.08. The van der Waals surface area contributed by atoms with Gasteiger partial charge in [-0.05, 0) is 36.4 Å². The van der Waals surface area contributed by atoms with E-state index in [0.717, 1.165) is 33.2 Å². The van der Waals surface area contributed by atoms with E-state index in [2.05, 4.69) is 26.1 Å². The summed E-state index contributed by atoms with van der Waals surface area (Å²) in [5.74, 6) is 0.390. The third-order valence-corrected chi connectivity index (χ3v) is 4.83. The van der Waals surface area contributed by atoms with Gasteiger partial charge in [-0.1, -0.05) is 39.8 Å². The Labute approximate surface area is 157 Å². The van der Waals surface area contributed by atoms with E-state index >= 15 is 0 Å². The molecule has 0 aliphatic carbocycles. The first-order valence-electron chi connectivity index (χ1n) is 7.29. The van der Waals surface area contributed by atoms with Crippen LogP contribution in [0.2, 0.25) is 0 Å². The van der Waals surface area contributed by atoms with Gasteiger partial charge in [0.05, 0.1) is 12.9 Å². The minimum Gasteiger partial charge on any atom is -0.497 e. The fourth-order valence-corrected chi connectivity index (χ4v) is 3.18. The Hall–Kier alpha value is -2.32. The lowest BCUT2D eigenvalue weighted by molar-refractivity contribution is -0.133. The fraction of sp³-hybridized carbons (Fsp3) is 0.118. The van der Waals surface area contributed by atoms with Crippen LogP contribution in [0, 0.1) is 0 Å². The molecule has 0 spiro atoms. The first-order chi connectivity index (χ1) is 12.1. The Morgan fingerprint density at radius 2 is 1.84 bits per heavy atom. The Morgan fingerprint density at radius 1 is 1.16 bits per heavy atom. The second-order valence-corrected chi connectivity index (χ2v) is 6.89. The highest BCUT2D eigenvalue weighted by atomic mass is 79.9. The van der Waals surface area contributed by atoms with Crippen molar-refractivity contribution in [1.82, 2.24) is 14.8 Å². The van der Waals surface area contributed by atoms with Gasteiger partial charge >= 0.3 is 5.97 Å². The topological polar surface area (TPSA) is 77.2 Å². The number of hydrogen-bond donors (Lipinski definition) is 1. The molecule has 3 rings (SSSR count). The molecule has 0 atom stereocenters. The van der Waals surface area contributed by atoms with Crippen molar-refractivity contribution < 1.29 is 14.6 Å². The van der Waals surface area contributed by atoms with Crippen molar-refractivity contribution >= 4 is 33.7 Å². The highest BCUT2D eigenvalue weighted by molar-refractivity contribution is 9.10. The maximum absolute atomic E-state index is 10.9. The highest BCUT2D eigenvalue weighted by Gasteiger charge is 2.17. The Morgan fingerprint density at radius 3 is 2.44 bits per heavy atom. The van der Waals surface area contributed by atoms with Crippen molar-refractivity contribution in [3.8, 4) is 22.8 Å². The molecule has 0 saturated carbocycles. The molecule has 1 heterocycles. The quantitative estimate of drug-likeness (QED) is 0.610. The Bertz CT molecular complexity index is 879. The number of rotatable bonds is 6. The van der Waals surface area contributed by atoms with Crippen molar-refractivity contribution in [3.63, 3.8) is 0 Å². The summed E-state index contributed by atoms with van der Waals surface area (Å²) in [5.41, 5.74) is 1.71. The summed E-state index contributed by atoms with van der Waals surface area (Å²) in [6.45, 7) is 0. The van der Waals surface area contributed by atoms with Gasteiger partial charge in [-0.25, -0.2) is 0 Å². The van der Waals surface area contributed by atoms with Crippen LogP contribution in [0.3, 0.4) is 0 Å². The summed E-state index contributed by atoms with van der Waals surface area (Å²) >= 11 is 4.55. The Kier molecular flexibility index (Phi) is 5.40. The molecule has 1 aromatic heterocycles. The zero-order chi connectivity index (χ0) is 17.8. The lowest BCUT2D eigenvalue weighted by Gasteiger charge is -2.11. The summed E-state index contributed by atoms with van der Waals surface area (Å²) < 4.78 is 8.00. The van der Waals surface area contributed by atoms with Gasteiger partial charge in [-0.3, -0.25) is 9.36 Å². The van der Waals surface area contributed by atoms with Gasteiger partial charge < -0.3 is 9.84 Å². The number of hydrogen-bond acceptors (Lipinski definition) is 5. The largest absolute Gasteiger partial charge is 0.497 e. The molecule has 0 radical (unpaired) electrons. The number of ether oxygens (including phenoxy) is 1. The van der Waals surface area contributed by atoms with Crippen LogP contribution >= 0.6 is 27.7 Å². The molecule has 8 heteroatoms. The third kappa shape index (κ3) is 4.02. The monoisotopic (exact) mass is 419 g/mol. The summed E-state index contributed by atoms with van der Waals surface area (Å²) in [5, 5.41) is 17.9. The number of carboxylic acid groups (broad SMARTS) is 1. The number of halogens is 1. The van der Waals surface area contributed by atoms with Crippen LogP contribution in [-0.2, 0) is 4.79 Å². The maximum Gasteiger partial charge on any atom is 0.313 e. The van der Waals surface area contributed by atoms with E-state index in [9.17, 15) is 4.79 Å². The van der Waals surface area contributed by atoms with Crippen LogP contribution in [0.4, 0.5) is 0 Å². The molecule has 0 bridgehead atoms. The lowest BCUT2D eigenvalue weighted by Crippen LogP contribution is -2.03. The first kappa shape index (κ1) is 17.5. The molecule has 0 saturated heterocycles. The summed E-state index contributed by atoms with van der Waals surface area (Å²) in [6, 6.07) is 15.2. The molecular formula is C17H14BrN3O3S. The van der Waals surface area contributed by atoms with E-state index in [1.54, 1.807) is 7.11 Å². The summed E-state index contributed by atoms with van der Waals surface area (Å²) in [6.07, 6.45) is 0. The number of benzene rings is 2. The van der Waals surface area contributed by atoms with Crippen LogP contribution in [0.1, 0.15) is 0 Å². The van der Waals surface area contributed by atoms with E-state index in [4.69, 9.17) is 9.84 Å². The van der Waals surface area contributed by atoms with E-state index < -0.39 is 5.97 Å².